The number of carbonyl (C=O) groups excluding carboxylic acids is 2. The third-order valence-corrected chi connectivity index (χ3v) is 7.25. The lowest BCUT2D eigenvalue weighted by Gasteiger charge is -2.12. The highest BCUT2D eigenvalue weighted by molar-refractivity contribution is 8.01. The van der Waals surface area contributed by atoms with Gasteiger partial charge in [0.15, 0.2) is 10.9 Å². The zero-order valence-electron chi connectivity index (χ0n) is 17.5. The molecule has 33 heavy (non-hydrogen) atoms. The van der Waals surface area contributed by atoms with Gasteiger partial charge >= 0.3 is 12.0 Å². The Morgan fingerprint density at radius 3 is 2.76 bits per heavy atom. The summed E-state index contributed by atoms with van der Waals surface area (Å²) in [4.78, 5) is 45.1. The van der Waals surface area contributed by atoms with Gasteiger partial charge in [0.2, 0.25) is 5.16 Å². The van der Waals surface area contributed by atoms with E-state index in [0.717, 1.165) is 48.8 Å². The van der Waals surface area contributed by atoms with Crippen molar-refractivity contribution in [2.45, 2.75) is 41.5 Å². The standard InChI is InChI=1S/C19H20N8O4S2/c1-27-19(24-25-26-27)33-16-12(9-13(28)29)21-18(32-16)23-17(31)22-15-11(7-4-8-20-15)14(30)10-5-2-3-6-10/h4,7-8,10H,2-3,5-6,9H2,1H3,(H,28,29)(H2,20,21,22,23,31). The fraction of sp³-hybridized carbons (Fsp3) is 0.368. The van der Waals surface area contributed by atoms with Crippen LogP contribution in [0.2, 0.25) is 0 Å². The van der Waals surface area contributed by atoms with Crippen molar-refractivity contribution < 1.29 is 19.5 Å². The summed E-state index contributed by atoms with van der Waals surface area (Å²) >= 11 is 2.25. The monoisotopic (exact) mass is 488 g/mol. The maximum Gasteiger partial charge on any atom is 0.326 e. The molecule has 1 aliphatic carbocycles. The van der Waals surface area contributed by atoms with Gasteiger partial charge in [0, 0.05) is 19.2 Å². The molecule has 1 aliphatic rings. The van der Waals surface area contributed by atoms with Gasteiger partial charge in [-0.25, -0.2) is 19.4 Å². The van der Waals surface area contributed by atoms with Crippen molar-refractivity contribution in [1.82, 2.24) is 30.2 Å². The fourth-order valence-electron chi connectivity index (χ4n) is 3.46. The first-order valence-corrected chi connectivity index (χ1v) is 11.7. The second-order valence-corrected chi connectivity index (χ2v) is 9.57. The Balaban J connectivity index is 1.49. The van der Waals surface area contributed by atoms with Crippen LogP contribution in [-0.2, 0) is 18.3 Å². The van der Waals surface area contributed by atoms with Crippen molar-refractivity contribution in [2.75, 3.05) is 10.6 Å². The van der Waals surface area contributed by atoms with Crippen molar-refractivity contribution in [2.24, 2.45) is 13.0 Å². The van der Waals surface area contributed by atoms with Crippen LogP contribution < -0.4 is 10.6 Å². The number of aliphatic carboxylic acids is 1. The molecule has 0 aliphatic heterocycles. The summed E-state index contributed by atoms with van der Waals surface area (Å²) < 4.78 is 1.99. The van der Waals surface area contributed by atoms with Gasteiger partial charge in [-0.05, 0) is 47.2 Å². The Labute approximate surface area is 196 Å². The number of nitrogens with zero attached hydrogens (tertiary/aromatic N) is 6. The third kappa shape index (κ3) is 5.51. The summed E-state index contributed by atoms with van der Waals surface area (Å²) in [6, 6.07) is 2.68. The second-order valence-electron chi connectivity index (χ2n) is 7.34. The van der Waals surface area contributed by atoms with Crippen LogP contribution in [0.4, 0.5) is 15.7 Å². The molecule has 1 saturated carbocycles. The lowest BCUT2D eigenvalue weighted by atomic mass is 9.97. The van der Waals surface area contributed by atoms with Crippen molar-refractivity contribution >= 4 is 51.8 Å². The number of hydrogen-bond acceptors (Lipinski definition) is 10. The Hall–Kier alpha value is -3.39. The van der Waals surface area contributed by atoms with Gasteiger partial charge in [-0.1, -0.05) is 24.2 Å². The van der Waals surface area contributed by atoms with E-state index in [-0.39, 0.29) is 34.8 Å². The van der Waals surface area contributed by atoms with Gasteiger partial charge in [-0.3, -0.25) is 20.2 Å². The average molecular weight is 489 g/mol. The van der Waals surface area contributed by atoms with E-state index in [0.29, 0.717) is 14.9 Å². The molecule has 172 valence electrons. The largest absolute Gasteiger partial charge is 0.481 e. The van der Waals surface area contributed by atoms with E-state index in [1.807, 2.05) is 0 Å². The molecule has 14 heteroatoms. The number of rotatable bonds is 8. The summed E-state index contributed by atoms with van der Waals surface area (Å²) in [7, 11) is 1.66. The van der Waals surface area contributed by atoms with Gasteiger partial charge in [0.25, 0.3) is 0 Å². The molecule has 0 spiro atoms. The minimum atomic E-state index is -1.06. The number of amides is 2. The van der Waals surface area contributed by atoms with Gasteiger partial charge in [-0.2, -0.15) is 0 Å². The number of aromatic nitrogens is 6. The normalized spacial score (nSPS) is 13.7. The minimum absolute atomic E-state index is 0.0233. The van der Waals surface area contributed by atoms with E-state index >= 15 is 0 Å². The summed E-state index contributed by atoms with van der Waals surface area (Å²) in [5.74, 6) is -0.957. The molecule has 0 bridgehead atoms. The first-order valence-electron chi connectivity index (χ1n) is 10.1. The third-order valence-electron chi connectivity index (χ3n) is 5.00. The smallest absolute Gasteiger partial charge is 0.326 e. The lowest BCUT2D eigenvalue weighted by molar-refractivity contribution is -0.136. The molecule has 12 nitrogen and oxygen atoms in total. The number of carboxylic acids is 1. The molecule has 3 N–H and O–H groups in total. The van der Waals surface area contributed by atoms with Crippen LogP contribution in [0, 0.1) is 5.92 Å². The van der Waals surface area contributed by atoms with E-state index < -0.39 is 12.0 Å². The number of thiazole rings is 1. The Bertz CT molecular complexity index is 1190. The predicted octanol–water partition coefficient (Wildman–Crippen LogP) is 2.86. The van der Waals surface area contributed by atoms with Crippen LogP contribution in [0.25, 0.3) is 0 Å². The number of urea groups is 1. The van der Waals surface area contributed by atoms with Crippen molar-refractivity contribution in [3.8, 4) is 0 Å². The summed E-state index contributed by atoms with van der Waals surface area (Å²) in [6.45, 7) is 0. The van der Waals surface area contributed by atoms with E-state index in [9.17, 15) is 19.5 Å². The molecule has 0 atom stereocenters. The molecule has 3 aromatic heterocycles. The number of ketones is 1. The van der Waals surface area contributed by atoms with E-state index in [4.69, 9.17) is 0 Å². The summed E-state index contributed by atoms with van der Waals surface area (Å²) in [5.41, 5.74) is 0.655. The maximum absolute atomic E-state index is 12.8. The number of hydrogen-bond donors (Lipinski definition) is 3. The molecule has 1 fully saturated rings. The predicted molar refractivity (Wildman–Crippen MR) is 120 cm³/mol. The van der Waals surface area contributed by atoms with Crippen molar-refractivity contribution in [1.29, 1.82) is 0 Å². The van der Waals surface area contributed by atoms with Gasteiger partial charge in [-0.15, -0.1) is 5.10 Å². The Morgan fingerprint density at radius 2 is 2.06 bits per heavy atom. The summed E-state index contributed by atoms with van der Waals surface area (Å²) in [6.07, 6.45) is 4.90. The molecule has 0 saturated heterocycles. The van der Waals surface area contributed by atoms with Gasteiger partial charge in [0.1, 0.15) is 5.82 Å². The molecule has 3 heterocycles. The van der Waals surface area contributed by atoms with Crippen molar-refractivity contribution in [3.05, 3.63) is 29.6 Å². The van der Waals surface area contributed by atoms with E-state index in [2.05, 4.69) is 36.1 Å². The van der Waals surface area contributed by atoms with Crippen LogP contribution in [-0.4, -0.2) is 53.1 Å². The zero-order chi connectivity index (χ0) is 23.4. The summed E-state index contributed by atoms with van der Waals surface area (Å²) in [5, 5.41) is 26.2. The van der Waals surface area contributed by atoms with Crippen LogP contribution >= 0.6 is 23.1 Å². The quantitative estimate of drug-likeness (QED) is 0.401. The highest BCUT2D eigenvalue weighted by Gasteiger charge is 2.26. The molecule has 0 unspecified atom stereocenters. The van der Waals surface area contributed by atoms with Crippen LogP contribution in [0.15, 0.2) is 27.7 Å². The first-order chi connectivity index (χ1) is 15.9. The van der Waals surface area contributed by atoms with E-state index in [1.54, 1.807) is 19.2 Å². The fourth-order valence-corrected chi connectivity index (χ4v) is 5.45. The van der Waals surface area contributed by atoms with Crippen LogP contribution in [0.3, 0.4) is 0 Å². The minimum Gasteiger partial charge on any atom is -0.481 e. The number of aryl methyl sites for hydroxylation is 1. The number of carbonyl (C=O) groups is 3. The molecular weight excluding hydrogens is 468 g/mol. The number of nitrogens with one attached hydrogen (secondary N) is 2. The molecule has 2 amide bonds. The SMILES string of the molecule is Cn1nnnc1Sc1sc(NC(=O)Nc2ncccc2C(=O)C2CCCC2)nc1CC(=O)O. The number of pyridine rings is 1. The molecular formula is C19H20N8O4S2. The highest BCUT2D eigenvalue weighted by Crippen LogP contribution is 2.36. The van der Waals surface area contributed by atoms with Crippen LogP contribution in [0.1, 0.15) is 41.7 Å². The number of Topliss-reactive ketones (excluding diaryl/α,β-unsaturated/α-hetero) is 1. The Kier molecular flexibility index (Phi) is 6.93. The van der Waals surface area contributed by atoms with Crippen LogP contribution in [0.5, 0.6) is 0 Å². The average Bonchev–Trinajstić information content (AvgIpc) is 3.51. The van der Waals surface area contributed by atoms with E-state index in [1.165, 1.54) is 10.9 Å². The number of tetrazole rings is 1. The Morgan fingerprint density at radius 1 is 1.27 bits per heavy atom. The molecule has 3 aromatic rings. The van der Waals surface area contributed by atoms with Gasteiger partial charge < -0.3 is 5.11 Å². The second kappa shape index (κ2) is 10.0. The van der Waals surface area contributed by atoms with Crippen molar-refractivity contribution in [3.63, 3.8) is 0 Å². The topological polar surface area (TPSA) is 165 Å². The zero-order valence-corrected chi connectivity index (χ0v) is 19.1. The number of anilines is 2. The highest BCUT2D eigenvalue weighted by atomic mass is 32.2. The molecule has 0 aromatic carbocycles. The van der Waals surface area contributed by atoms with Gasteiger partial charge in [0.05, 0.1) is 21.9 Å². The first kappa shape index (κ1) is 22.8. The molecule has 4 rings (SSSR count). The lowest BCUT2D eigenvalue weighted by Crippen LogP contribution is -2.23. The maximum atomic E-state index is 12.8. The molecule has 0 radical (unpaired) electrons. The number of carboxylic acid groups (broad SMARTS) is 1.